The Morgan fingerprint density at radius 1 is 0.739 bits per heavy atom. The molecule has 0 unspecified atom stereocenters. The summed E-state index contributed by atoms with van der Waals surface area (Å²) < 4.78 is 41.6. The van der Waals surface area contributed by atoms with E-state index in [0.717, 1.165) is 20.8 Å². The van der Waals surface area contributed by atoms with Crippen LogP contribution < -0.4 is 0 Å². The highest BCUT2D eigenvalue weighted by Crippen LogP contribution is 2.66. The maximum absolute atomic E-state index is 13.1. The molecule has 0 radical (unpaired) electrons. The SMILES string of the molecule is CC(=O)O[C@H]1C[C@@]2(O)[C@@H](OC(C)=O)[C@@H]3[C@]4(OC(C)=O)CO[C@@H]4C[C@H](OC(C)=O)[C@@]3(C)[C@H](OC(C)=O)[C@H](OC(C)=O)C(=C1C)C2(C)C. The number of hydrogen-bond acceptors (Lipinski definition) is 14. The average Bonchev–Trinajstić information content (AvgIpc) is 2.87. The number of fused-ring (bicyclic) bond motifs is 5. The Morgan fingerprint density at radius 3 is 1.72 bits per heavy atom. The number of esters is 6. The van der Waals surface area contributed by atoms with Crippen LogP contribution in [0.2, 0.25) is 0 Å². The van der Waals surface area contributed by atoms with Gasteiger partial charge in [-0.25, -0.2) is 0 Å². The zero-order valence-electron chi connectivity index (χ0n) is 27.9. The third-order valence-electron chi connectivity index (χ3n) is 10.3. The Hall–Kier alpha value is -3.52. The molecule has 0 spiro atoms. The van der Waals surface area contributed by atoms with Gasteiger partial charge in [0.15, 0.2) is 17.8 Å². The van der Waals surface area contributed by atoms with Crippen molar-refractivity contribution in [3.63, 3.8) is 0 Å². The molecule has 0 aromatic rings. The van der Waals surface area contributed by atoms with E-state index >= 15 is 0 Å². The maximum Gasteiger partial charge on any atom is 0.303 e. The molecule has 10 atom stereocenters. The molecule has 14 nitrogen and oxygen atoms in total. The fourth-order valence-corrected chi connectivity index (χ4v) is 8.58. The van der Waals surface area contributed by atoms with Crippen molar-refractivity contribution in [1.29, 1.82) is 0 Å². The lowest BCUT2D eigenvalue weighted by molar-refractivity contribution is -0.366. The van der Waals surface area contributed by atoms with Crippen molar-refractivity contribution in [2.75, 3.05) is 6.61 Å². The molecule has 3 fully saturated rings. The second-order valence-corrected chi connectivity index (χ2v) is 13.6. The van der Waals surface area contributed by atoms with E-state index in [0.29, 0.717) is 5.57 Å². The molecule has 2 saturated carbocycles. The van der Waals surface area contributed by atoms with Crippen LogP contribution in [-0.4, -0.2) is 95.4 Å². The van der Waals surface area contributed by atoms with Crippen molar-refractivity contribution in [3.05, 3.63) is 11.1 Å². The number of carbonyl (C=O) groups is 6. The monoisotopic (exact) mass is 652 g/mol. The first-order valence-corrected chi connectivity index (χ1v) is 15.2. The van der Waals surface area contributed by atoms with Crippen LogP contribution >= 0.6 is 0 Å². The summed E-state index contributed by atoms with van der Waals surface area (Å²) in [6, 6.07) is 0. The third-order valence-corrected chi connectivity index (χ3v) is 10.3. The normalized spacial score (nSPS) is 39.1. The molecule has 0 aromatic heterocycles. The van der Waals surface area contributed by atoms with Gasteiger partial charge < -0.3 is 38.3 Å². The first-order valence-electron chi connectivity index (χ1n) is 15.2. The molecule has 0 amide bonds. The Bertz CT molecular complexity index is 1370. The van der Waals surface area contributed by atoms with Crippen molar-refractivity contribution in [2.45, 2.75) is 130 Å². The van der Waals surface area contributed by atoms with Gasteiger partial charge in [-0.1, -0.05) is 20.8 Å². The summed E-state index contributed by atoms with van der Waals surface area (Å²) in [5.41, 5.74) is -6.19. The predicted octanol–water partition coefficient (Wildman–Crippen LogP) is 1.86. The van der Waals surface area contributed by atoms with Gasteiger partial charge in [0.1, 0.15) is 30.0 Å². The van der Waals surface area contributed by atoms with Crippen LogP contribution in [0.15, 0.2) is 11.1 Å². The molecular weight excluding hydrogens is 608 g/mol. The van der Waals surface area contributed by atoms with Gasteiger partial charge in [-0.3, -0.25) is 28.8 Å². The summed E-state index contributed by atoms with van der Waals surface area (Å²) in [6.07, 6.45) is -8.02. The first-order chi connectivity index (χ1) is 21.1. The fourth-order valence-electron chi connectivity index (χ4n) is 8.58. The van der Waals surface area contributed by atoms with E-state index in [1.807, 2.05) is 0 Å². The van der Waals surface area contributed by atoms with Gasteiger partial charge in [0.25, 0.3) is 0 Å². The predicted molar refractivity (Wildman–Crippen MR) is 154 cm³/mol. The van der Waals surface area contributed by atoms with Crippen molar-refractivity contribution >= 4 is 35.8 Å². The van der Waals surface area contributed by atoms with Gasteiger partial charge in [-0.05, 0) is 18.1 Å². The van der Waals surface area contributed by atoms with Gasteiger partial charge in [0.05, 0.1) is 17.9 Å². The van der Waals surface area contributed by atoms with Crippen molar-refractivity contribution in [1.82, 2.24) is 0 Å². The van der Waals surface area contributed by atoms with E-state index in [9.17, 15) is 33.9 Å². The molecule has 1 N–H and O–H groups in total. The lowest BCUT2D eigenvalue weighted by atomic mass is 9.44. The van der Waals surface area contributed by atoms with Crippen molar-refractivity contribution in [3.8, 4) is 0 Å². The van der Waals surface area contributed by atoms with Gasteiger partial charge in [0.2, 0.25) is 0 Å². The minimum Gasteiger partial charge on any atom is -0.462 e. The number of rotatable bonds is 6. The molecule has 14 heteroatoms. The summed E-state index contributed by atoms with van der Waals surface area (Å²) in [7, 11) is 0. The average molecular weight is 653 g/mol. The number of carbonyl (C=O) groups excluding carboxylic acids is 6. The van der Waals surface area contributed by atoms with Crippen molar-refractivity contribution < 1.29 is 67.0 Å². The van der Waals surface area contributed by atoms with Gasteiger partial charge in [-0.15, -0.1) is 0 Å². The highest BCUT2D eigenvalue weighted by atomic mass is 16.6. The Kier molecular flexibility index (Phi) is 9.16. The minimum absolute atomic E-state index is 0.0485. The zero-order valence-corrected chi connectivity index (χ0v) is 27.9. The Balaban J connectivity index is 2.23. The molecule has 256 valence electrons. The van der Waals surface area contributed by atoms with Crippen LogP contribution in [-0.2, 0) is 61.9 Å². The van der Waals surface area contributed by atoms with Gasteiger partial charge in [-0.2, -0.15) is 0 Å². The Morgan fingerprint density at radius 2 is 1.26 bits per heavy atom. The lowest BCUT2D eigenvalue weighted by Gasteiger charge is -2.69. The van der Waals surface area contributed by atoms with E-state index in [2.05, 4.69) is 0 Å². The van der Waals surface area contributed by atoms with E-state index in [1.165, 1.54) is 20.8 Å². The highest BCUT2D eigenvalue weighted by Gasteiger charge is 2.79. The summed E-state index contributed by atoms with van der Waals surface area (Å²) in [5.74, 6) is -5.77. The van der Waals surface area contributed by atoms with Gasteiger partial charge in [0, 0.05) is 59.8 Å². The largest absolute Gasteiger partial charge is 0.462 e. The molecule has 0 aromatic carbocycles. The smallest absolute Gasteiger partial charge is 0.303 e. The summed E-state index contributed by atoms with van der Waals surface area (Å²) in [5, 5.41) is 13.1. The highest BCUT2D eigenvalue weighted by molar-refractivity contribution is 5.70. The second-order valence-electron chi connectivity index (χ2n) is 13.6. The molecule has 1 saturated heterocycles. The molecular formula is C32H44O14. The van der Waals surface area contributed by atoms with Crippen LogP contribution in [0.4, 0.5) is 0 Å². The maximum atomic E-state index is 13.1. The summed E-state index contributed by atoms with van der Waals surface area (Å²) >= 11 is 0. The molecule has 1 heterocycles. The van der Waals surface area contributed by atoms with Crippen molar-refractivity contribution in [2.24, 2.45) is 16.7 Å². The lowest BCUT2D eigenvalue weighted by Crippen LogP contribution is -2.82. The summed E-state index contributed by atoms with van der Waals surface area (Å²) in [4.78, 5) is 76.5. The third kappa shape index (κ3) is 5.46. The number of ether oxygens (including phenoxy) is 7. The topological polar surface area (TPSA) is 187 Å². The molecule has 2 bridgehead atoms. The number of aliphatic hydroxyl groups is 1. The molecule has 4 rings (SSSR count). The van der Waals surface area contributed by atoms with Crippen LogP contribution in [0.25, 0.3) is 0 Å². The first kappa shape index (κ1) is 35.3. The standard InChI is InChI=1S/C32H44O14/c1-14-21(41-15(2)33)12-32(39)28(45-19(6)37)26-30(10,22(42-16(3)34)11-23-31(26,13-40-23)46-20(7)38)27(44-18(5)36)25(43-17(4)35)24(14)29(32,8)9/h21-23,25-28,39H,11-13H2,1-10H3/t21-,22-,23+,25+,26-,27+,28-,30+,31-,32+/m0/s1. The summed E-state index contributed by atoms with van der Waals surface area (Å²) in [6.45, 7) is 13.4. The molecule has 4 aliphatic rings. The zero-order chi connectivity index (χ0) is 34.7. The minimum atomic E-state index is -2.12. The molecule has 1 aliphatic heterocycles. The quantitative estimate of drug-likeness (QED) is 0.249. The van der Waals surface area contributed by atoms with Crippen LogP contribution in [0.3, 0.4) is 0 Å². The van der Waals surface area contributed by atoms with Gasteiger partial charge >= 0.3 is 35.8 Å². The van der Waals surface area contributed by atoms with E-state index in [-0.39, 0.29) is 25.0 Å². The van der Waals surface area contributed by atoms with E-state index in [1.54, 1.807) is 27.7 Å². The molecule has 3 aliphatic carbocycles. The van der Waals surface area contributed by atoms with Crippen LogP contribution in [0.1, 0.15) is 82.1 Å². The number of hydrogen-bond donors (Lipinski definition) is 1. The van der Waals surface area contributed by atoms with E-state index in [4.69, 9.17) is 33.2 Å². The Labute approximate surface area is 267 Å². The van der Waals surface area contributed by atoms with Crippen LogP contribution in [0.5, 0.6) is 0 Å². The second kappa shape index (κ2) is 11.9. The van der Waals surface area contributed by atoms with Crippen LogP contribution in [0, 0.1) is 16.7 Å². The fraction of sp³-hybridized carbons (Fsp3) is 0.750. The van der Waals surface area contributed by atoms with E-state index < -0.39 is 100 Å². The molecule has 46 heavy (non-hydrogen) atoms.